The molecule has 4 rings (SSSR count). The van der Waals surface area contributed by atoms with Crippen LogP contribution < -0.4 is 5.32 Å². The Morgan fingerprint density at radius 2 is 2.34 bits per heavy atom. The molecule has 3 aliphatic rings. The SMILES string of the molecule is CO/N=C(/C(=O)NC1C(=O)N2C(C(=O)O)=C(CSc3nncs3)CSC12)C1=CSCCO1. The van der Waals surface area contributed by atoms with Crippen LogP contribution in [0.2, 0.25) is 0 Å². The largest absolute Gasteiger partial charge is 0.490 e. The number of aromatic nitrogens is 2. The van der Waals surface area contributed by atoms with Crippen molar-refractivity contribution in [3.63, 3.8) is 0 Å². The molecule has 2 unspecified atom stereocenters. The smallest absolute Gasteiger partial charge is 0.352 e. The van der Waals surface area contributed by atoms with E-state index in [4.69, 9.17) is 9.57 Å². The van der Waals surface area contributed by atoms with Crippen LogP contribution in [0.1, 0.15) is 0 Å². The fraction of sp³-hybridized carbons (Fsp3) is 0.412. The summed E-state index contributed by atoms with van der Waals surface area (Å²) in [6, 6.07) is -0.877. The number of ether oxygens (including phenoxy) is 1. The summed E-state index contributed by atoms with van der Waals surface area (Å²) in [7, 11) is 1.31. The first kappa shape index (κ1) is 22.9. The van der Waals surface area contributed by atoms with Gasteiger partial charge in [0.25, 0.3) is 11.8 Å². The Hall–Kier alpha value is -2.23. The van der Waals surface area contributed by atoms with E-state index in [1.54, 1.807) is 10.9 Å². The minimum Gasteiger partial charge on any atom is -0.490 e. The van der Waals surface area contributed by atoms with Crippen LogP contribution in [0, 0.1) is 0 Å². The molecule has 0 aliphatic carbocycles. The summed E-state index contributed by atoms with van der Waals surface area (Å²) in [4.78, 5) is 43.6. The van der Waals surface area contributed by atoms with Crippen molar-refractivity contribution < 1.29 is 29.1 Å². The fourth-order valence-electron chi connectivity index (χ4n) is 3.16. The van der Waals surface area contributed by atoms with Crippen LogP contribution in [0.4, 0.5) is 0 Å². The average molecular weight is 516 g/mol. The van der Waals surface area contributed by atoms with E-state index in [-0.39, 0.29) is 17.2 Å². The standard InChI is InChI=1S/C17H17N5O6S4/c1-27-21-10(9-6-29-3-2-28-9)13(23)19-11-14(24)22-12(16(25)26)8(4-30-15(11)22)5-31-17-20-18-7-32-17/h6-7,11,15H,2-5H2,1H3,(H,19,23)(H,25,26)/b21-10+. The number of fused-ring (bicyclic) bond motifs is 1. The molecular weight excluding hydrogens is 498 g/mol. The number of β-lactam (4-membered cyclic amide) rings is 1. The van der Waals surface area contributed by atoms with Crippen molar-refractivity contribution in [1.82, 2.24) is 20.4 Å². The van der Waals surface area contributed by atoms with Gasteiger partial charge in [-0.25, -0.2) is 4.79 Å². The number of hydrogen-bond donors (Lipinski definition) is 2. The predicted octanol–water partition coefficient (Wildman–Crippen LogP) is 0.976. The van der Waals surface area contributed by atoms with Crippen LogP contribution >= 0.6 is 46.6 Å². The number of hydrogen-bond acceptors (Lipinski definition) is 12. The molecule has 4 heterocycles. The molecule has 2 N–H and O–H groups in total. The lowest BCUT2D eigenvalue weighted by Gasteiger charge is -2.49. The first-order valence-corrected chi connectivity index (χ1v) is 13.1. The maximum atomic E-state index is 12.8. The molecule has 170 valence electrons. The highest BCUT2D eigenvalue weighted by Crippen LogP contribution is 2.41. The third-order valence-corrected chi connectivity index (χ3v) is 8.60. The molecule has 32 heavy (non-hydrogen) atoms. The van der Waals surface area contributed by atoms with Gasteiger partial charge in [0.2, 0.25) is 5.71 Å². The first-order chi connectivity index (χ1) is 15.5. The van der Waals surface area contributed by atoms with Crippen molar-refractivity contribution in [2.75, 3.05) is 31.0 Å². The Kier molecular flexibility index (Phi) is 7.27. The molecule has 2 atom stereocenters. The Morgan fingerprint density at radius 1 is 1.50 bits per heavy atom. The molecule has 0 radical (unpaired) electrons. The zero-order valence-corrected chi connectivity index (χ0v) is 19.8. The highest BCUT2D eigenvalue weighted by atomic mass is 32.2. The minimum absolute atomic E-state index is 0.0400. The van der Waals surface area contributed by atoms with E-state index in [1.807, 2.05) is 0 Å². The normalized spacial score (nSPS) is 23.0. The second-order valence-electron chi connectivity index (χ2n) is 6.44. The molecule has 3 aliphatic heterocycles. The van der Waals surface area contributed by atoms with Gasteiger partial charge in [-0.3, -0.25) is 14.5 Å². The van der Waals surface area contributed by atoms with E-state index in [0.717, 1.165) is 10.1 Å². The fourth-order valence-corrected chi connectivity index (χ4v) is 6.76. The molecule has 11 nitrogen and oxygen atoms in total. The molecule has 0 spiro atoms. The lowest BCUT2D eigenvalue weighted by molar-refractivity contribution is -0.150. The monoisotopic (exact) mass is 515 g/mol. The average Bonchev–Trinajstić information content (AvgIpc) is 3.33. The van der Waals surface area contributed by atoms with Gasteiger partial charge in [-0.1, -0.05) is 28.3 Å². The topological polar surface area (TPSA) is 143 Å². The number of carboxylic acids is 1. The van der Waals surface area contributed by atoms with E-state index >= 15 is 0 Å². The Morgan fingerprint density at radius 3 is 3.00 bits per heavy atom. The number of carbonyl (C=O) groups is 3. The molecule has 1 fully saturated rings. The van der Waals surface area contributed by atoms with Gasteiger partial charge in [-0.15, -0.1) is 33.7 Å². The number of nitrogens with one attached hydrogen (secondary N) is 1. The number of carbonyl (C=O) groups excluding carboxylic acids is 2. The number of carboxylic acid groups (broad SMARTS) is 1. The highest BCUT2D eigenvalue weighted by Gasteiger charge is 2.54. The van der Waals surface area contributed by atoms with Crippen LogP contribution in [0.25, 0.3) is 0 Å². The van der Waals surface area contributed by atoms with Crippen LogP contribution in [0.15, 0.2) is 37.4 Å². The van der Waals surface area contributed by atoms with E-state index in [9.17, 15) is 19.5 Å². The molecule has 1 saturated heterocycles. The van der Waals surface area contributed by atoms with E-state index in [2.05, 4.69) is 20.7 Å². The minimum atomic E-state index is -1.18. The van der Waals surface area contributed by atoms with Gasteiger partial charge in [0.1, 0.15) is 29.7 Å². The Bertz CT molecular complexity index is 1010. The highest BCUT2D eigenvalue weighted by molar-refractivity contribution is 8.02. The van der Waals surface area contributed by atoms with Gasteiger partial charge in [0.05, 0.1) is 6.61 Å². The van der Waals surface area contributed by atoms with Gasteiger partial charge in [-0.2, -0.15) is 0 Å². The van der Waals surface area contributed by atoms with E-state index < -0.39 is 29.2 Å². The number of aliphatic carboxylic acids is 1. The zero-order valence-electron chi connectivity index (χ0n) is 16.5. The molecule has 0 saturated carbocycles. The van der Waals surface area contributed by atoms with Gasteiger partial charge < -0.3 is 20.0 Å². The maximum absolute atomic E-state index is 12.8. The van der Waals surface area contributed by atoms with Gasteiger partial charge >= 0.3 is 5.97 Å². The quantitative estimate of drug-likeness (QED) is 0.221. The number of thioether (sulfide) groups is 3. The van der Waals surface area contributed by atoms with Crippen LogP contribution in [-0.2, 0) is 24.0 Å². The van der Waals surface area contributed by atoms with Crippen molar-refractivity contribution in [2.24, 2.45) is 5.16 Å². The predicted molar refractivity (Wildman–Crippen MR) is 121 cm³/mol. The summed E-state index contributed by atoms with van der Waals surface area (Å²) in [5, 5.41) is 25.0. The van der Waals surface area contributed by atoms with Crippen LogP contribution in [0.3, 0.4) is 0 Å². The Labute approximate surface area is 199 Å². The Balaban J connectivity index is 1.47. The van der Waals surface area contributed by atoms with E-state index in [1.165, 1.54) is 58.6 Å². The zero-order chi connectivity index (χ0) is 22.7. The number of rotatable bonds is 8. The third-order valence-electron chi connectivity index (χ3n) is 4.53. The third kappa shape index (κ3) is 4.60. The van der Waals surface area contributed by atoms with Crippen molar-refractivity contribution in [2.45, 2.75) is 15.8 Å². The van der Waals surface area contributed by atoms with Crippen LogP contribution in [-0.4, -0.2) is 86.1 Å². The summed E-state index contributed by atoms with van der Waals surface area (Å²) < 4.78 is 6.19. The van der Waals surface area contributed by atoms with E-state index in [0.29, 0.717) is 23.7 Å². The van der Waals surface area contributed by atoms with Gasteiger partial charge in [-0.05, 0) is 5.57 Å². The van der Waals surface area contributed by atoms with Crippen molar-refractivity contribution in [3.8, 4) is 0 Å². The molecule has 1 aromatic heterocycles. The molecule has 0 bridgehead atoms. The number of amides is 2. The number of oxime groups is 1. The molecule has 2 amide bonds. The lowest BCUT2D eigenvalue weighted by Crippen LogP contribution is -2.71. The van der Waals surface area contributed by atoms with Crippen molar-refractivity contribution >= 4 is 70.1 Å². The van der Waals surface area contributed by atoms with Gasteiger partial charge in [0, 0.05) is 22.7 Å². The maximum Gasteiger partial charge on any atom is 0.352 e. The lowest BCUT2D eigenvalue weighted by atomic mass is 10.0. The van der Waals surface area contributed by atoms with Gasteiger partial charge in [0.15, 0.2) is 10.1 Å². The summed E-state index contributed by atoms with van der Waals surface area (Å²) in [6.45, 7) is 0.422. The summed E-state index contributed by atoms with van der Waals surface area (Å²) >= 11 is 5.60. The summed E-state index contributed by atoms with van der Waals surface area (Å²) in [5.41, 5.74) is 2.11. The first-order valence-electron chi connectivity index (χ1n) is 9.17. The van der Waals surface area contributed by atoms with Crippen LogP contribution in [0.5, 0.6) is 0 Å². The molecule has 0 aromatic carbocycles. The van der Waals surface area contributed by atoms with Crippen molar-refractivity contribution in [3.05, 3.63) is 27.9 Å². The second-order valence-corrected chi connectivity index (χ2v) is 10.6. The summed E-state index contributed by atoms with van der Waals surface area (Å²) in [6.07, 6.45) is 0. The molecule has 15 heteroatoms. The summed E-state index contributed by atoms with van der Waals surface area (Å²) in [5.74, 6) is -0.481. The molecule has 1 aromatic rings. The molecular formula is C17H17N5O6S4. The second kappa shape index (κ2) is 10.1. The van der Waals surface area contributed by atoms with Crippen molar-refractivity contribution in [1.29, 1.82) is 0 Å². The number of nitrogens with zero attached hydrogens (tertiary/aromatic N) is 4.